The molecule has 108 valence electrons. The van der Waals surface area contributed by atoms with Gasteiger partial charge in [0.1, 0.15) is 0 Å². The van der Waals surface area contributed by atoms with Gasteiger partial charge >= 0.3 is 5.97 Å². The van der Waals surface area contributed by atoms with Crippen LogP contribution in [0.1, 0.15) is 33.2 Å². The Morgan fingerprint density at radius 1 is 1.00 bits per heavy atom. The van der Waals surface area contributed by atoms with E-state index in [1.54, 1.807) is 36.4 Å². The van der Waals surface area contributed by atoms with Crippen molar-refractivity contribution < 1.29 is 14.7 Å². The molecule has 0 heterocycles. The topological polar surface area (TPSA) is 66.4 Å². The Morgan fingerprint density at radius 3 is 2.19 bits per heavy atom. The third kappa shape index (κ3) is 4.00. The van der Waals surface area contributed by atoms with E-state index in [4.69, 9.17) is 5.11 Å². The van der Waals surface area contributed by atoms with Gasteiger partial charge in [-0.1, -0.05) is 42.5 Å². The number of carboxylic acids is 1. The molecule has 0 aliphatic heterocycles. The maximum Gasteiger partial charge on any atom is 0.335 e. The monoisotopic (exact) mass is 283 g/mol. The molecule has 0 saturated heterocycles. The Balaban J connectivity index is 1.93. The first-order valence-electron chi connectivity index (χ1n) is 6.73. The number of aromatic carboxylic acids is 1. The van der Waals surface area contributed by atoms with Crippen LogP contribution in [0, 0.1) is 0 Å². The van der Waals surface area contributed by atoms with E-state index in [1.807, 2.05) is 25.1 Å². The van der Waals surface area contributed by atoms with Gasteiger partial charge in [-0.25, -0.2) is 4.79 Å². The first-order valence-corrected chi connectivity index (χ1v) is 6.73. The summed E-state index contributed by atoms with van der Waals surface area (Å²) in [5.41, 5.74) is 1.87. The molecular weight excluding hydrogens is 266 g/mol. The minimum Gasteiger partial charge on any atom is -0.478 e. The number of ketones is 1. The van der Waals surface area contributed by atoms with Crippen molar-refractivity contribution in [1.82, 2.24) is 5.32 Å². The fourth-order valence-electron chi connectivity index (χ4n) is 1.98. The highest BCUT2D eigenvalue weighted by Gasteiger charge is 2.14. The lowest BCUT2D eigenvalue weighted by Gasteiger charge is -2.13. The first kappa shape index (κ1) is 14.9. The molecule has 0 spiro atoms. The number of nitrogens with one attached hydrogen (secondary N) is 1. The average Bonchev–Trinajstić information content (AvgIpc) is 2.53. The predicted molar refractivity (Wildman–Crippen MR) is 80.5 cm³/mol. The summed E-state index contributed by atoms with van der Waals surface area (Å²) in [5.74, 6) is -0.903. The number of carbonyl (C=O) groups is 2. The Morgan fingerprint density at radius 2 is 1.62 bits per heavy atom. The number of benzene rings is 2. The second-order valence-electron chi connectivity index (χ2n) is 4.83. The molecule has 0 bridgehead atoms. The van der Waals surface area contributed by atoms with Gasteiger partial charge in [-0.05, 0) is 24.6 Å². The van der Waals surface area contributed by atoms with Gasteiger partial charge in [0.25, 0.3) is 0 Å². The van der Waals surface area contributed by atoms with Gasteiger partial charge in [0.05, 0.1) is 11.6 Å². The van der Waals surface area contributed by atoms with Crippen LogP contribution < -0.4 is 5.32 Å². The number of carbonyl (C=O) groups excluding carboxylic acids is 1. The standard InChI is InChI=1S/C17H17NO3/c1-12(16(19)14-5-3-2-4-6-14)18-11-13-7-9-15(10-8-13)17(20)21/h2-10,12,18H,11H2,1H3,(H,20,21). The summed E-state index contributed by atoms with van der Waals surface area (Å²) in [4.78, 5) is 22.9. The molecule has 2 aromatic rings. The van der Waals surface area contributed by atoms with E-state index < -0.39 is 5.97 Å². The molecule has 0 aromatic heterocycles. The molecule has 21 heavy (non-hydrogen) atoms. The van der Waals surface area contributed by atoms with Crippen LogP contribution in [-0.4, -0.2) is 22.9 Å². The van der Waals surface area contributed by atoms with E-state index in [1.165, 1.54) is 0 Å². The molecule has 4 nitrogen and oxygen atoms in total. The smallest absolute Gasteiger partial charge is 0.335 e. The van der Waals surface area contributed by atoms with Crippen molar-refractivity contribution >= 4 is 11.8 Å². The second-order valence-corrected chi connectivity index (χ2v) is 4.83. The molecule has 0 amide bonds. The third-order valence-corrected chi connectivity index (χ3v) is 3.26. The normalized spacial score (nSPS) is 11.9. The molecule has 0 radical (unpaired) electrons. The zero-order chi connectivity index (χ0) is 15.2. The van der Waals surface area contributed by atoms with Gasteiger partial charge < -0.3 is 10.4 Å². The van der Waals surface area contributed by atoms with Crippen molar-refractivity contribution in [2.75, 3.05) is 0 Å². The van der Waals surface area contributed by atoms with E-state index in [9.17, 15) is 9.59 Å². The van der Waals surface area contributed by atoms with Gasteiger partial charge in [-0.15, -0.1) is 0 Å². The highest BCUT2D eigenvalue weighted by atomic mass is 16.4. The van der Waals surface area contributed by atoms with Crippen LogP contribution >= 0.6 is 0 Å². The summed E-state index contributed by atoms with van der Waals surface area (Å²) >= 11 is 0. The average molecular weight is 283 g/mol. The van der Waals surface area contributed by atoms with E-state index in [-0.39, 0.29) is 17.4 Å². The molecule has 0 saturated carbocycles. The lowest BCUT2D eigenvalue weighted by atomic mass is 10.1. The van der Waals surface area contributed by atoms with E-state index >= 15 is 0 Å². The molecule has 2 aromatic carbocycles. The van der Waals surface area contributed by atoms with Crippen molar-refractivity contribution in [2.24, 2.45) is 0 Å². The number of hydrogen-bond donors (Lipinski definition) is 2. The van der Waals surface area contributed by atoms with Crippen molar-refractivity contribution in [3.05, 3.63) is 71.3 Å². The van der Waals surface area contributed by atoms with Crippen LogP contribution in [0.4, 0.5) is 0 Å². The third-order valence-electron chi connectivity index (χ3n) is 3.26. The van der Waals surface area contributed by atoms with E-state index in [0.29, 0.717) is 12.1 Å². The largest absolute Gasteiger partial charge is 0.478 e. The SMILES string of the molecule is CC(NCc1ccc(C(=O)O)cc1)C(=O)c1ccccc1. The molecule has 0 aliphatic rings. The molecule has 4 heteroatoms. The van der Waals surface area contributed by atoms with Crippen molar-refractivity contribution in [2.45, 2.75) is 19.5 Å². The lowest BCUT2D eigenvalue weighted by Crippen LogP contribution is -2.33. The van der Waals surface area contributed by atoms with Crippen LogP contribution in [0.5, 0.6) is 0 Å². The Kier molecular flexibility index (Phi) is 4.85. The number of hydrogen-bond acceptors (Lipinski definition) is 3. The number of rotatable bonds is 6. The van der Waals surface area contributed by atoms with E-state index in [0.717, 1.165) is 5.56 Å². The van der Waals surface area contributed by atoms with Crippen molar-refractivity contribution in [3.8, 4) is 0 Å². The van der Waals surface area contributed by atoms with Gasteiger partial charge in [0.2, 0.25) is 0 Å². The Labute approximate surface area is 123 Å². The van der Waals surface area contributed by atoms with Crippen LogP contribution in [0.3, 0.4) is 0 Å². The van der Waals surface area contributed by atoms with E-state index in [2.05, 4.69) is 5.32 Å². The molecule has 0 fully saturated rings. The maximum absolute atomic E-state index is 12.2. The summed E-state index contributed by atoms with van der Waals surface area (Å²) in [6.45, 7) is 2.33. The fraction of sp³-hybridized carbons (Fsp3) is 0.176. The highest BCUT2D eigenvalue weighted by Crippen LogP contribution is 2.07. The zero-order valence-electron chi connectivity index (χ0n) is 11.7. The molecule has 2 rings (SSSR count). The summed E-state index contributed by atoms with van der Waals surface area (Å²) in [5, 5.41) is 12.0. The first-order chi connectivity index (χ1) is 10.1. The van der Waals surface area contributed by atoms with Crippen molar-refractivity contribution in [1.29, 1.82) is 0 Å². The molecule has 1 atom stereocenters. The Bertz CT molecular complexity index is 620. The molecule has 0 aliphatic carbocycles. The molecular formula is C17H17NO3. The van der Waals surface area contributed by atoms with Gasteiger partial charge in [-0.2, -0.15) is 0 Å². The zero-order valence-corrected chi connectivity index (χ0v) is 11.7. The second kappa shape index (κ2) is 6.81. The fourth-order valence-corrected chi connectivity index (χ4v) is 1.98. The molecule has 2 N–H and O–H groups in total. The highest BCUT2D eigenvalue weighted by molar-refractivity contribution is 5.99. The van der Waals surface area contributed by atoms with Crippen LogP contribution in [0.25, 0.3) is 0 Å². The summed E-state index contributed by atoms with van der Waals surface area (Å²) in [6.07, 6.45) is 0. The summed E-state index contributed by atoms with van der Waals surface area (Å²) < 4.78 is 0. The van der Waals surface area contributed by atoms with Gasteiger partial charge in [-0.3, -0.25) is 4.79 Å². The molecule has 1 unspecified atom stereocenters. The number of Topliss-reactive ketones (excluding diaryl/α,β-unsaturated/α-hetero) is 1. The predicted octanol–water partition coefficient (Wildman–Crippen LogP) is 2.75. The minimum absolute atomic E-state index is 0.0396. The number of carboxylic acid groups (broad SMARTS) is 1. The summed E-state index contributed by atoms with van der Waals surface area (Å²) in [6, 6.07) is 15.4. The van der Waals surface area contributed by atoms with Crippen LogP contribution in [0.15, 0.2) is 54.6 Å². The van der Waals surface area contributed by atoms with Crippen molar-refractivity contribution in [3.63, 3.8) is 0 Å². The lowest BCUT2D eigenvalue weighted by molar-refractivity contribution is 0.0696. The minimum atomic E-state index is -0.942. The summed E-state index contributed by atoms with van der Waals surface area (Å²) in [7, 11) is 0. The van der Waals surface area contributed by atoms with Gasteiger partial charge in [0.15, 0.2) is 5.78 Å². The van der Waals surface area contributed by atoms with Crippen LogP contribution in [-0.2, 0) is 6.54 Å². The Hall–Kier alpha value is -2.46. The maximum atomic E-state index is 12.2. The quantitative estimate of drug-likeness (QED) is 0.800. The van der Waals surface area contributed by atoms with Crippen LogP contribution in [0.2, 0.25) is 0 Å². The van der Waals surface area contributed by atoms with Gasteiger partial charge in [0, 0.05) is 12.1 Å².